The van der Waals surface area contributed by atoms with Crippen LogP contribution in [0.4, 0.5) is 4.39 Å². The fourth-order valence-electron chi connectivity index (χ4n) is 2.79. The quantitative estimate of drug-likeness (QED) is 0.820. The molecule has 19 heavy (non-hydrogen) atoms. The van der Waals surface area contributed by atoms with Crippen LogP contribution in [0.25, 0.3) is 0 Å². The Kier molecular flexibility index (Phi) is 4.91. The van der Waals surface area contributed by atoms with Crippen LogP contribution in [0.1, 0.15) is 37.7 Å². The lowest BCUT2D eigenvalue weighted by Gasteiger charge is -2.23. The van der Waals surface area contributed by atoms with Crippen molar-refractivity contribution in [2.45, 2.75) is 44.7 Å². The molecule has 0 radical (unpaired) electrons. The second kappa shape index (κ2) is 6.66. The number of rotatable bonds is 4. The monoisotopic (exact) mass is 264 g/mol. The van der Waals surface area contributed by atoms with E-state index < -0.39 is 0 Å². The van der Waals surface area contributed by atoms with Crippen LogP contribution in [0.3, 0.4) is 0 Å². The second-order valence-electron chi connectivity index (χ2n) is 5.26. The number of nitrogens with one attached hydrogen (secondary N) is 1. The van der Waals surface area contributed by atoms with Crippen molar-refractivity contribution in [3.63, 3.8) is 0 Å². The van der Waals surface area contributed by atoms with Crippen molar-refractivity contribution in [2.24, 2.45) is 11.7 Å². The van der Waals surface area contributed by atoms with Crippen LogP contribution in [0.5, 0.6) is 0 Å². The number of carbonyl (C=O) groups excluding carboxylic acids is 1. The Bertz CT molecular complexity index is 436. The first kappa shape index (κ1) is 14.0. The third kappa shape index (κ3) is 4.03. The molecule has 0 unspecified atom stereocenters. The van der Waals surface area contributed by atoms with Gasteiger partial charge in [-0.2, -0.15) is 0 Å². The van der Waals surface area contributed by atoms with Gasteiger partial charge in [0.1, 0.15) is 5.82 Å². The van der Waals surface area contributed by atoms with Crippen molar-refractivity contribution in [3.05, 3.63) is 35.6 Å². The van der Waals surface area contributed by atoms with Crippen molar-refractivity contribution in [1.29, 1.82) is 0 Å². The fourth-order valence-corrected chi connectivity index (χ4v) is 2.79. The summed E-state index contributed by atoms with van der Waals surface area (Å²) in [5.41, 5.74) is 6.38. The summed E-state index contributed by atoms with van der Waals surface area (Å²) in [7, 11) is 0. The predicted molar refractivity (Wildman–Crippen MR) is 72.8 cm³/mol. The molecule has 0 bridgehead atoms. The van der Waals surface area contributed by atoms with Gasteiger partial charge in [-0.15, -0.1) is 0 Å². The van der Waals surface area contributed by atoms with E-state index in [9.17, 15) is 9.18 Å². The number of nitrogens with two attached hydrogens (primary N) is 1. The number of amides is 1. The first-order valence-electron chi connectivity index (χ1n) is 6.94. The molecule has 0 aliphatic heterocycles. The first-order valence-corrected chi connectivity index (χ1v) is 6.94. The fraction of sp³-hybridized carbons (Fsp3) is 0.533. The maximum Gasteiger partial charge on any atom is 0.222 e. The highest BCUT2D eigenvalue weighted by Crippen LogP contribution is 2.23. The van der Waals surface area contributed by atoms with Crippen LogP contribution in [-0.2, 0) is 11.3 Å². The van der Waals surface area contributed by atoms with Crippen molar-refractivity contribution < 1.29 is 9.18 Å². The minimum absolute atomic E-state index is 0.101. The summed E-state index contributed by atoms with van der Waals surface area (Å²) in [6.45, 7) is 0.576. The number of hydrogen-bond acceptors (Lipinski definition) is 2. The molecule has 1 amide bonds. The summed E-state index contributed by atoms with van der Waals surface area (Å²) in [6.07, 6.45) is 5.15. The molecule has 2 atom stereocenters. The summed E-state index contributed by atoms with van der Waals surface area (Å²) in [5, 5.41) is 3.37. The van der Waals surface area contributed by atoms with Crippen molar-refractivity contribution in [3.8, 4) is 0 Å². The normalized spacial score (nSPS) is 23.8. The summed E-state index contributed by atoms with van der Waals surface area (Å²) in [5.74, 6) is -0.554. The van der Waals surface area contributed by atoms with Crippen molar-refractivity contribution in [1.82, 2.24) is 5.32 Å². The van der Waals surface area contributed by atoms with E-state index >= 15 is 0 Å². The van der Waals surface area contributed by atoms with E-state index in [1.807, 2.05) is 6.07 Å². The molecule has 1 aromatic carbocycles. The van der Waals surface area contributed by atoms with Crippen LogP contribution in [-0.4, -0.2) is 11.9 Å². The SMILES string of the molecule is NC(=O)[C@@H]1CCCCC[C@H]1NCc1cccc(F)c1. The van der Waals surface area contributed by atoms with Gasteiger partial charge >= 0.3 is 0 Å². The third-order valence-electron chi connectivity index (χ3n) is 3.84. The predicted octanol–water partition coefficient (Wildman–Crippen LogP) is 2.35. The van der Waals surface area contributed by atoms with Gasteiger partial charge in [-0.3, -0.25) is 4.79 Å². The Hall–Kier alpha value is -1.42. The molecule has 1 saturated carbocycles. The van der Waals surface area contributed by atoms with Gasteiger partial charge in [0.25, 0.3) is 0 Å². The number of hydrogen-bond donors (Lipinski definition) is 2. The smallest absolute Gasteiger partial charge is 0.222 e. The zero-order valence-electron chi connectivity index (χ0n) is 11.1. The van der Waals surface area contributed by atoms with Gasteiger partial charge in [0.05, 0.1) is 5.92 Å². The molecule has 0 aromatic heterocycles. The van der Waals surface area contributed by atoms with E-state index in [2.05, 4.69) is 5.32 Å². The number of carbonyl (C=O) groups is 1. The van der Waals surface area contributed by atoms with Gasteiger partial charge in [0.15, 0.2) is 0 Å². The Morgan fingerprint density at radius 1 is 1.32 bits per heavy atom. The average Bonchev–Trinajstić information content (AvgIpc) is 2.61. The van der Waals surface area contributed by atoms with E-state index in [-0.39, 0.29) is 23.7 Å². The molecule has 104 valence electrons. The van der Waals surface area contributed by atoms with Gasteiger partial charge in [-0.1, -0.05) is 31.4 Å². The summed E-state index contributed by atoms with van der Waals surface area (Å²) in [4.78, 5) is 11.5. The van der Waals surface area contributed by atoms with Gasteiger partial charge in [0, 0.05) is 12.6 Å². The molecule has 1 aromatic rings. The minimum atomic E-state index is -0.230. The van der Waals surface area contributed by atoms with Gasteiger partial charge in [-0.05, 0) is 30.5 Å². The molecule has 1 aliphatic rings. The van der Waals surface area contributed by atoms with E-state index in [0.29, 0.717) is 6.54 Å². The van der Waals surface area contributed by atoms with E-state index in [4.69, 9.17) is 5.73 Å². The molecule has 1 aliphatic carbocycles. The molecule has 1 fully saturated rings. The van der Waals surface area contributed by atoms with Crippen molar-refractivity contribution >= 4 is 5.91 Å². The van der Waals surface area contributed by atoms with Crippen LogP contribution in [0.15, 0.2) is 24.3 Å². The summed E-state index contributed by atoms with van der Waals surface area (Å²) in [6, 6.07) is 6.64. The lowest BCUT2D eigenvalue weighted by atomic mass is 9.94. The molecule has 3 N–H and O–H groups in total. The largest absolute Gasteiger partial charge is 0.369 e. The lowest BCUT2D eigenvalue weighted by molar-refractivity contribution is -0.122. The molecule has 0 spiro atoms. The van der Waals surface area contributed by atoms with Gasteiger partial charge in [-0.25, -0.2) is 4.39 Å². The zero-order valence-corrected chi connectivity index (χ0v) is 11.1. The maximum atomic E-state index is 13.1. The topological polar surface area (TPSA) is 55.1 Å². The average molecular weight is 264 g/mol. The first-order chi connectivity index (χ1) is 9.16. The summed E-state index contributed by atoms with van der Waals surface area (Å²) < 4.78 is 13.1. The molecular formula is C15H21FN2O. The van der Waals surface area contributed by atoms with Crippen molar-refractivity contribution in [2.75, 3.05) is 0 Å². The third-order valence-corrected chi connectivity index (χ3v) is 3.84. The number of halogens is 1. The lowest BCUT2D eigenvalue weighted by Crippen LogP contribution is -2.41. The van der Waals surface area contributed by atoms with Crippen LogP contribution < -0.4 is 11.1 Å². The van der Waals surface area contributed by atoms with Gasteiger partial charge in [0.2, 0.25) is 5.91 Å². The molecule has 3 nitrogen and oxygen atoms in total. The highest BCUT2D eigenvalue weighted by atomic mass is 19.1. The van der Waals surface area contributed by atoms with Crippen LogP contribution in [0.2, 0.25) is 0 Å². The van der Waals surface area contributed by atoms with E-state index in [1.165, 1.54) is 12.1 Å². The number of benzene rings is 1. The highest BCUT2D eigenvalue weighted by Gasteiger charge is 2.27. The molecule has 2 rings (SSSR count). The minimum Gasteiger partial charge on any atom is -0.369 e. The summed E-state index contributed by atoms with van der Waals surface area (Å²) >= 11 is 0. The number of primary amides is 1. The Morgan fingerprint density at radius 3 is 2.84 bits per heavy atom. The maximum absolute atomic E-state index is 13.1. The standard InChI is InChI=1S/C15H21FN2O/c16-12-6-4-5-11(9-12)10-18-14-8-3-1-2-7-13(14)15(17)19/h4-6,9,13-14,18H,1-3,7-8,10H2,(H2,17,19)/t13-,14-/m1/s1. The highest BCUT2D eigenvalue weighted by molar-refractivity contribution is 5.77. The second-order valence-corrected chi connectivity index (χ2v) is 5.26. The van der Waals surface area contributed by atoms with E-state index in [0.717, 1.165) is 37.7 Å². The molecule has 0 heterocycles. The van der Waals surface area contributed by atoms with Crippen LogP contribution >= 0.6 is 0 Å². The molecule has 0 saturated heterocycles. The van der Waals surface area contributed by atoms with Gasteiger partial charge < -0.3 is 11.1 Å². The Labute approximate surface area is 113 Å². The molecule has 4 heteroatoms. The molecular weight excluding hydrogens is 243 g/mol. The van der Waals surface area contributed by atoms with Crippen LogP contribution in [0, 0.1) is 11.7 Å². The Morgan fingerprint density at radius 2 is 2.11 bits per heavy atom. The zero-order chi connectivity index (χ0) is 13.7. The Balaban J connectivity index is 1.97. The van der Waals surface area contributed by atoms with E-state index in [1.54, 1.807) is 6.07 Å².